The minimum absolute atomic E-state index is 0.417. The van der Waals surface area contributed by atoms with Crippen molar-refractivity contribution >= 4 is 22.6 Å². The van der Waals surface area contributed by atoms with Gasteiger partial charge in [0.15, 0.2) is 11.6 Å². The van der Waals surface area contributed by atoms with Crippen LogP contribution in [0.25, 0.3) is 11.0 Å². The molecule has 0 amide bonds. The van der Waals surface area contributed by atoms with Crippen LogP contribution in [-0.4, -0.2) is 9.55 Å². The summed E-state index contributed by atoms with van der Waals surface area (Å²) < 4.78 is 28.1. The van der Waals surface area contributed by atoms with Crippen LogP contribution in [0.3, 0.4) is 0 Å². The van der Waals surface area contributed by atoms with Gasteiger partial charge in [0.1, 0.15) is 5.82 Å². The number of halogens is 3. The lowest BCUT2D eigenvalue weighted by Crippen LogP contribution is -2.02. The third-order valence-corrected chi connectivity index (χ3v) is 3.46. The topological polar surface area (TPSA) is 17.8 Å². The van der Waals surface area contributed by atoms with E-state index in [1.54, 1.807) is 12.1 Å². The Morgan fingerprint density at radius 2 is 1.90 bits per heavy atom. The number of benzene rings is 2. The van der Waals surface area contributed by atoms with E-state index in [-0.39, 0.29) is 0 Å². The molecule has 3 rings (SSSR count). The Kier molecular flexibility index (Phi) is 3.18. The van der Waals surface area contributed by atoms with E-state index in [1.165, 1.54) is 6.07 Å². The predicted octanol–water partition coefficient (Wildman–Crippen LogP) is 4.32. The van der Waals surface area contributed by atoms with Crippen molar-refractivity contribution < 1.29 is 8.78 Å². The van der Waals surface area contributed by atoms with Crippen LogP contribution in [0, 0.1) is 18.6 Å². The van der Waals surface area contributed by atoms with Crippen molar-refractivity contribution in [2.45, 2.75) is 13.5 Å². The Morgan fingerprint density at radius 1 is 1.10 bits per heavy atom. The Balaban J connectivity index is 2.07. The van der Waals surface area contributed by atoms with Crippen molar-refractivity contribution in [3.63, 3.8) is 0 Å². The van der Waals surface area contributed by atoms with Gasteiger partial charge in [-0.1, -0.05) is 17.7 Å². The summed E-state index contributed by atoms with van der Waals surface area (Å²) >= 11 is 6.00. The molecule has 0 saturated heterocycles. The van der Waals surface area contributed by atoms with Crippen LogP contribution in [0.4, 0.5) is 8.78 Å². The summed E-state index contributed by atoms with van der Waals surface area (Å²) in [4.78, 5) is 4.43. The summed E-state index contributed by atoms with van der Waals surface area (Å²) in [5.74, 6) is -0.890. The molecule has 0 unspecified atom stereocenters. The molecule has 0 atom stereocenters. The summed E-state index contributed by atoms with van der Waals surface area (Å²) in [7, 11) is 0. The number of nitrogens with zero attached hydrogens (tertiary/aromatic N) is 2. The first-order valence-electron chi connectivity index (χ1n) is 6.11. The summed E-state index contributed by atoms with van der Waals surface area (Å²) in [6.07, 6.45) is 0. The quantitative estimate of drug-likeness (QED) is 0.687. The zero-order valence-corrected chi connectivity index (χ0v) is 11.5. The Hall–Kier alpha value is -1.94. The fraction of sp³-hybridized carbons (Fsp3) is 0.133. The molecule has 5 heteroatoms. The van der Waals surface area contributed by atoms with E-state index in [4.69, 9.17) is 11.6 Å². The van der Waals surface area contributed by atoms with Crippen LogP contribution in [-0.2, 0) is 6.54 Å². The average Bonchev–Trinajstić information content (AvgIpc) is 2.70. The van der Waals surface area contributed by atoms with Gasteiger partial charge in [-0.15, -0.1) is 0 Å². The van der Waals surface area contributed by atoms with E-state index < -0.39 is 11.6 Å². The van der Waals surface area contributed by atoms with E-state index in [0.717, 1.165) is 22.9 Å². The van der Waals surface area contributed by atoms with Crippen LogP contribution in [0.1, 0.15) is 11.4 Å². The zero-order valence-electron chi connectivity index (χ0n) is 10.7. The monoisotopic (exact) mass is 292 g/mol. The van der Waals surface area contributed by atoms with E-state index in [1.807, 2.05) is 23.6 Å². The van der Waals surface area contributed by atoms with Crippen molar-refractivity contribution in [1.82, 2.24) is 9.55 Å². The number of aromatic nitrogens is 2. The first-order chi connectivity index (χ1) is 9.54. The highest BCUT2D eigenvalue weighted by molar-refractivity contribution is 6.31. The third-order valence-electron chi connectivity index (χ3n) is 3.23. The summed E-state index contributed by atoms with van der Waals surface area (Å²) in [5.41, 5.74) is 2.38. The molecular weight excluding hydrogens is 282 g/mol. The molecule has 0 spiro atoms. The molecule has 3 aromatic rings. The SMILES string of the molecule is Cc1nc2ccc(Cl)cc2n1Cc1ccc(F)c(F)c1. The van der Waals surface area contributed by atoms with Crippen LogP contribution in [0.2, 0.25) is 5.02 Å². The van der Waals surface area contributed by atoms with Crippen molar-refractivity contribution in [3.05, 3.63) is 64.4 Å². The number of aryl methyl sites for hydroxylation is 1. The molecule has 0 saturated carbocycles. The maximum atomic E-state index is 13.3. The molecule has 0 N–H and O–H groups in total. The van der Waals surface area contributed by atoms with Crippen LogP contribution in [0.15, 0.2) is 36.4 Å². The molecule has 0 aliphatic rings. The molecule has 0 fully saturated rings. The number of hydrogen-bond donors (Lipinski definition) is 0. The fourth-order valence-electron chi connectivity index (χ4n) is 2.24. The van der Waals surface area contributed by atoms with Gasteiger partial charge >= 0.3 is 0 Å². The molecule has 2 nitrogen and oxygen atoms in total. The summed E-state index contributed by atoms with van der Waals surface area (Å²) in [5, 5.41) is 0.615. The summed E-state index contributed by atoms with van der Waals surface area (Å²) in [6, 6.07) is 9.33. The highest BCUT2D eigenvalue weighted by Crippen LogP contribution is 2.22. The number of fused-ring (bicyclic) bond motifs is 1. The van der Waals surface area contributed by atoms with Crippen LogP contribution in [0.5, 0.6) is 0 Å². The Morgan fingerprint density at radius 3 is 2.65 bits per heavy atom. The molecule has 0 bridgehead atoms. The molecule has 0 aliphatic heterocycles. The highest BCUT2D eigenvalue weighted by atomic mass is 35.5. The van der Waals surface area contributed by atoms with E-state index >= 15 is 0 Å². The van der Waals surface area contributed by atoms with Gasteiger partial charge < -0.3 is 4.57 Å². The molecule has 1 aromatic heterocycles. The van der Waals surface area contributed by atoms with Gasteiger partial charge in [-0.3, -0.25) is 0 Å². The third kappa shape index (κ3) is 2.27. The largest absolute Gasteiger partial charge is 0.324 e. The van der Waals surface area contributed by atoms with Crippen molar-refractivity contribution in [1.29, 1.82) is 0 Å². The molecule has 2 aromatic carbocycles. The average molecular weight is 293 g/mol. The molecule has 102 valence electrons. The van der Waals surface area contributed by atoms with Gasteiger partial charge in [-0.25, -0.2) is 13.8 Å². The molecule has 1 heterocycles. The summed E-state index contributed by atoms with van der Waals surface area (Å²) in [6.45, 7) is 2.29. The lowest BCUT2D eigenvalue weighted by Gasteiger charge is -2.07. The van der Waals surface area contributed by atoms with Crippen molar-refractivity contribution in [3.8, 4) is 0 Å². The lowest BCUT2D eigenvalue weighted by atomic mass is 10.2. The van der Waals surface area contributed by atoms with Crippen LogP contribution < -0.4 is 0 Å². The second-order valence-electron chi connectivity index (χ2n) is 4.63. The van der Waals surface area contributed by atoms with Crippen LogP contribution >= 0.6 is 11.6 Å². The van der Waals surface area contributed by atoms with Gasteiger partial charge in [0, 0.05) is 11.6 Å². The molecule has 0 radical (unpaired) electrons. The van der Waals surface area contributed by atoms with E-state index in [0.29, 0.717) is 17.1 Å². The number of imidazole rings is 1. The zero-order chi connectivity index (χ0) is 14.3. The standard InChI is InChI=1S/C15H11ClF2N2/c1-9-19-14-5-3-11(16)7-15(14)20(9)8-10-2-4-12(17)13(18)6-10/h2-7H,8H2,1H3. The van der Waals surface area contributed by atoms with Gasteiger partial charge in [-0.05, 0) is 42.8 Å². The highest BCUT2D eigenvalue weighted by Gasteiger charge is 2.10. The molecule has 0 aliphatic carbocycles. The first-order valence-corrected chi connectivity index (χ1v) is 6.49. The minimum atomic E-state index is -0.845. The normalized spacial score (nSPS) is 11.2. The number of rotatable bonds is 2. The maximum absolute atomic E-state index is 13.3. The van der Waals surface area contributed by atoms with Crippen molar-refractivity contribution in [2.24, 2.45) is 0 Å². The maximum Gasteiger partial charge on any atom is 0.159 e. The smallest absolute Gasteiger partial charge is 0.159 e. The predicted molar refractivity (Wildman–Crippen MR) is 74.9 cm³/mol. The van der Waals surface area contributed by atoms with Gasteiger partial charge in [0.05, 0.1) is 11.0 Å². The first kappa shape index (κ1) is 13.1. The Bertz CT molecular complexity index is 796. The second-order valence-corrected chi connectivity index (χ2v) is 5.06. The van der Waals surface area contributed by atoms with E-state index in [9.17, 15) is 8.78 Å². The van der Waals surface area contributed by atoms with E-state index in [2.05, 4.69) is 4.98 Å². The fourth-order valence-corrected chi connectivity index (χ4v) is 2.40. The van der Waals surface area contributed by atoms with Crippen molar-refractivity contribution in [2.75, 3.05) is 0 Å². The minimum Gasteiger partial charge on any atom is -0.324 e. The lowest BCUT2D eigenvalue weighted by molar-refractivity contribution is 0.506. The second kappa shape index (κ2) is 4.87. The Labute approximate surface area is 119 Å². The van der Waals surface area contributed by atoms with Gasteiger partial charge in [0.25, 0.3) is 0 Å². The molecule has 20 heavy (non-hydrogen) atoms. The van der Waals surface area contributed by atoms with Gasteiger partial charge in [-0.2, -0.15) is 0 Å². The number of hydrogen-bond acceptors (Lipinski definition) is 1. The molecular formula is C15H11ClF2N2. The van der Waals surface area contributed by atoms with Gasteiger partial charge in [0.2, 0.25) is 0 Å².